The second-order valence-electron chi connectivity index (χ2n) is 5.85. The molecule has 19 heavy (non-hydrogen) atoms. The van der Waals surface area contributed by atoms with E-state index >= 15 is 0 Å². The van der Waals surface area contributed by atoms with Gasteiger partial charge in [0.1, 0.15) is 0 Å². The van der Waals surface area contributed by atoms with Gasteiger partial charge in [0.25, 0.3) is 0 Å². The van der Waals surface area contributed by atoms with Gasteiger partial charge >= 0.3 is 0 Å². The van der Waals surface area contributed by atoms with Gasteiger partial charge in [0.2, 0.25) is 0 Å². The largest absolute Gasteiger partial charge is 0.494 e. The zero-order chi connectivity index (χ0) is 14.5. The van der Waals surface area contributed by atoms with Crippen LogP contribution in [0.3, 0.4) is 0 Å². The highest BCUT2D eigenvalue weighted by Gasteiger charge is 2.11. The number of hydrogen-bond acceptors (Lipinski definition) is 3. The Balaban J connectivity index is 2.51. The minimum Gasteiger partial charge on any atom is -0.494 e. The second-order valence-corrected chi connectivity index (χ2v) is 5.85. The van der Waals surface area contributed by atoms with Crippen LogP contribution in [0.15, 0.2) is 18.2 Å². The molecule has 4 heteroatoms. The lowest BCUT2D eigenvalue weighted by atomic mass is 10.1. The van der Waals surface area contributed by atoms with E-state index in [0.717, 1.165) is 13.1 Å². The van der Waals surface area contributed by atoms with Crippen LogP contribution in [0, 0.1) is 5.82 Å². The van der Waals surface area contributed by atoms with E-state index in [-0.39, 0.29) is 11.4 Å². The number of rotatable bonds is 6. The van der Waals surface area contributed by atoms with Crippen molar-refractivity contribution in [2.75, 3.05) is 27.2 Å². The van der Waals surface area contributed by atoms with Crippen molar-refractivity contribution in [2.24, 2.45) is 0 Å². The number of nitrogens with zero attached hydrogens (tertiary/aromatic N) is 1. The van der Waals surface area contributed by atoms with Crippen LogP contribution in [-0.4, -0.2) is 37.7 Å². The lowest BCUT2D eigenvalue weighted by Gasteiger charge is -2.23. The summed E-state index contributed by atoms with van der Waals surface area (Å²) in [5.41, 5.74) is 0.778. The summed E-state index contributed by atoms with van der Waals surface area (Å²) in [6.45, 7) is 8.73. The fourth-order valence-electron chi connectivity index (χ4n) is 1.83. The average molecular weight is 268 g/mol. The molecule has 0 radical (unpaired) electrons. The van der Waals surface area contributed by atoms with Gasteiger partial charge in [-0.15, -0.1) is 0 Å². The maximum absolute atomic E-state index is 14.0. The summed E-state index contributed by atoms with van der Waals surface area (Å²) in [5, 5.41) is 3.42. The SMILES string of the molecule is COc1cccc(CN(C)CCNC(C)(C)C)c1F. The van der Waals surface area contributed by atoms with E-state index in [1.807, 2.05) is 13.1 Å². The molecule has 0 bridgehead atoms. The van der Waals surface area contributed by atoms with E-state index < -0.39 is 0 Å². The van der Waals surface area contributed by atoms with Crippen molar-refractivity contribution < 1.29 is 9.13 Å². The molecule has 0 atom stereocenters. The fraction of sp³-hybridized carbons (Fsp3) is 0.600. The normalized spacial score (nSPS) is 11.9. The van der Waals surface area contributed by atoms with E-state index in [0.29, 0.717) is 17.9 Å². The van der Waals surface area contributed by atoms with Crippen LogP contribution in [0.4, 0.5) is 4.39 Å². The van der Waals surface area contributed by atoms with Crippen molar-refractivity contribution in [1.29, 1.82) is 0 Å². The first kappa shape index (κ1) is 15.9. The summed E-state index contributed by atoms with van der Waals surface area (Å²) in [6.07, 6.45) is 0. The molecule has 0 saturated carbocycles. The van der Waals surface area contributed by atoms with Crippen molar-refractivity contribution in [3.05, 3.63) is 29.6 Å². The van der Waals surface area contributed by atoms with Crippen LogP contribution in [0.1, 0.15) is 26.3 Å². The molecule has 3 nitrogen and oxygen atoms in total. The molecule has 0 saturated heterocycles. The van der Waals surface area contributed by atoms with E-state index in [2.05, 4.69) is 31.0 Å². The third-order valence-corrected chi connectivity index (χ3v) is 2.85. The highest BCUT2D eigenvalue weighted by Crippen LogP contribution is 2.20. The topological polar surface area (TPSA) is 24.5 Å². The summed E-state index contributed by atoms with van der Waals surface area (Å²) in [4.78, 5) is 2.09. The Morgan fingerprint density at radius 2 is 2.00 bits per heavy atom. The van der Waals surface area contributed by atoms with Gasteiger partial charge in [-0.3, -0.25) is 0 Å². The van der Waals surface area contributed by atoms with Crippen LogP contribution >= 0.6 is 0 Å². The second kappa shape index (κ2) is 6.87. The molecule has 0 spiro atoms. The molecule has 1 N–H and O–H groups in total. The zero-order valence-electron chi connectivity index (χ0n) is 12.6. The summed E-state index contributed by atoms with van der Waals surface area (Å²) in [5.74, 6) is 0.0411. The fourth-order valence-corrected chi connectivity index (χ4v) is 1.83. The quantitative estimate of drug-likeness (QED) is 0.858. The highest BCUT2D eigenvalue weighted by molar-refractivity contribution is 5.30. The Morgan fingerprint density at radius 1 is 1.32 bits per heavy atom. The number of ether oxygens (including phenoxy) is 1. The zero-order valence-corrected chi connectivity index (χ0v) is 12.6. The summed E-state index contributed by atoms with van der Waals surface area (Å²) in [7, 11) is 3.47. The molecule has 0 aliphatic heterocycles. The molecule has 0 aliphatic rings. The molecule has 0 heterocycles. The Hall–Kier alpha value is -1.13. The van der Waals surface area contributed by atoms with Crippen LogP contribution in [0.25, 0.3) is 0 Å². The van der Waals surface area contributed by atoms with Gasteiger partial charge < -0.3 is 15.0 Å². The number of methoxy groups -OCH3 is 1. The van der Waals surface area contributed by atoms with Crippen molar-refractivity contribution in [3.8, 4) is 5.75 Å². The predicted molar refractivity (Wildman–Crippen MR) is 77.0 cm³/mol. The third kappa shape index (κ3) is 5.57. The smallest absolute Gasteiger partial charge is 0.169 e. The Bertz CT molecular complexity index is 402. The maximum Gasteiger partial charge on any atom is 0.169 e. The van der Waals surface area contributed by atoms with Gasteiger partial charge in [-0.05, 0) is 33.9 Å². The van der Waals surface area contributed by atoms with Gasteiger partial charge in [0.15, 0.2) is 11.6 Å². The molecule has 0 unspecified atom stereocenters. The number of hydrogen-bond donors (Lipinski definition) is 1. The van der Waals surface area contributed by atoms with E-state index in [9.17, 15) is 4.39 Å². The van der Waals surface area contributed by atoms with Crippen LogP contribution in [0.2, 0.25) is 0 Å². The molecule has 1 rings (SSSR count). The molecule has 0 amide bonds. The van der Waals surface area contributed by atoms with Gasteiger partial charge in [-0.2, -0.15) is 0 Å². The Kier molecular flexibility index (Phi) is 5.76. The molecule has 108 valence electrons. The molecular formula is C15H25FN2O. The van der Waals surface area contributed by atoms with Gasteiger partial charge in [0.05, 0.1) is 7.11 Å². The molecular weight excluding hydrogens is 243 g/mol. The first-order valence-corrected chi connectivity index (χ1v) is 6.58. The van der Waals surface area contributed by atoms with Crippen molar-refractivity contribution in [2.45, 2.75) is 32.9 Å². The molecule has 1 aromatic rings. The van der Waals surface area contributed by atoms with Gasteiger partial charge in [0, 0.05) is 30.7 Å². The predicted octanol–water partition coefficient (Wildman–Crippen LogP) is 2.65. The summed E-state index contributed by atoms with van der Waals surface area (Å²) < 4.78 is 19.0. The van der Waals surface area contributed by atoms with E-state index in [1.54, 1.807) is 12.1 Å². The highest BCUT2D eigenvalue weighted by atomic mass is 19.1. The first-order valence-electron chi connectivity index (χ1n) is 6.58. The summed E-state index contributed by atoms with van der Waals surface area (Å²) >= 11 is 0. The molecule has 0 aromatic heterocycles. The van der Waals surface area contributed by atoms with E-state index in [1.165, 1.54) is 7.11 Å². The van der Waals surface area contributed by atoms with Crippen molar-refractivity contribution in [1.82, 2.24) is 10.2 Å². The van der Waals surface area contributed by atoms with Crippen molar-refractivity contribution >= 4 is 0 Å². The molecule has 0 aliphatic carbocycles. The Labute approximate surface area is 115 Å². The van der Waals surface area contributed by atoms with Crippen LogP contribution < -0.4 is 10.1 Å². The van der Waals surface area contributed by atoms with Gasteiger partial charge in [-0.25, -0.2) is 4.39 Å². The minimum atomic E-state index is -0.263. The molecule has 1 aromatic carbocycles. The van der Waals surface area contributed by atoms with Gasteiger partial charge in [-0.1, -0.05) is 12.1 Å². The lowest BCUT2D eigenvalue weighted by molar-refractivity contribution is 0.297. The number of nitrogens with one attached hydrogen (secondary N) is 1. The standard InChI is InChI=1S/C15H25FN2O/c1-15(2,3)17-9-10-18(4)11-12-7-6-8-13(19-5)14(12)16/h6-8,17H,9-11H2,1-5H3. The number of likely N-dealkylation sites (N-methyl/N-ethyl adjacent to an activating group) is 1. The Morgan fingerprint density at radius 3 is 2.58 bits per heavy atom. The van der Waals surface area contributed by atoms with Crippen molar-refractivity contribution in [3.63, 3.8) is 0 Å². The van der Waals surface area contributed by atoms with Crippen LogP contribution in [0.5, 0.6) is 5.75 Å². The first-order chi connectivity index (χ1) is 8.83. The van der Waals surface area contributed by atoms with Crippen LogP contribution in [-0.2, 0) is 6.54 Å². The van der Waals surface area contributed by atoms with E-state index in [4.69, 9.17) is 4.74 Å². The lowest BCUT2D eigenvalue weighted by Crippen LogP contribution is -2.40. The maximum atomic E-state index is 14.0. The minimum absolute atomic E-state index is 0.113. The monoisotopic (exact) mass is 268 g/mol. The third-order valence-electron chi connectivity index (χ3n) is 2.85. The number of halogens is 1. The number of benzene rings is 1. The summed E-state index contributed by atoms with van der Waals surface area (Å²) in [6, 6.07) is 5.25. The molecule has 0 fully saturated rings. The average Bonchev–Trinajstić information content (AvgIpc) is 2.30.